The van der Waals surface area contributed by atoms with Crippen LogP contribution in [0.5, 0.6) is 0 Å². The van der Waals surface area contributed by atoms with Crippen LogP contribution >= 0.6 is 7.52 Å². The van der Waals surface area contributed by atoms with Crippen molar-refractivity contribution in [1.82, 2.24) is 4.67 Å². The van der Waals surface area contributed by atoms with Crippen molar-refractivity contribution in [3.63, 3.8) is 0 Å². The van der Waals surface area contributed by atoms with Gasteiger partial charge in [-0.15, -0.1) is 0 Å². The molecule has 0 fully saturated rings. The Balaban J connectivity index is 3.23. The fraction of sp³-hybridized carbons (Fsp3) is 0.533. The van der Waals surface area contributed by atoms with E-state index in [9.17, 15) is 14.5 Å². The van der Waals surface area contributed by atoms with Crippen LogP contribution < -0.4 is 0 Å². The van der Waals surface area contributed by atoms with Gasteiger partial charge in [-0.25, -0.2) is 9.46 Å². The average molecular weight is 329 g/mol. The number of aliphatic hydroxyl groups is 1. The van der Waals surface area contributed by atoms with Gasteiger partial charge in [0.25, 0.3) is 0 Å². The second kappa shape index (κ2) is 7.27. The molecule has 2 atom stereocenters. The molecule has 22 heavy (non-hydrogen) atoms. The Labute approximate surface area is 131 Å². The van der Waals surface area contributed by atoms with E-state index in [1.807, 2.05) is 18.2 Å². The molecule has 124 valence electrons. The quantitative estimate of drug-likeness (QED) is 0.832. The molecule has 0 spiro atoms. The van der Waals surface area contributed by atoms with Gasteiger partial charge in [0.2, 0.25) is 0 Å². The largest absolute Gasteiger partial charge is 0.443 e. The third-order valence-electron chi connectivity index (χ3n) is 3.02. The predicted molar refractivity (Wildman–Crippen MR) is 84.6 cm³/mol. The topological polar surface area (TPSA) is 76.1 Å². The number of hydrogen-bond acceptors (Lipinski definition) is 5. The third-order valence-corrected chi connectivity index (χ3v) is 5.12. The van der Waals surface area contributed by atoms with Gasteiger partial charge in [0, 0.05) is 7.11 Å². The summed E-state index contributed by atoms with van der Waals surface area (Å²) in [5, 5.41) is 9.46. The first-order valence-electron chi connectivity index (χ1n) is 6.98. The number of rotatable bonds is 5. The van der Waals surface area contributed by atoms with Crippen LogP contribution in [0.15, 0.2) is 30.3 Å². The van der Waals surface area contributed by atoms with Crippen LogP contribution in [0, 0.1) is 0 Å². The van der Waals surface area contributed by atoms with E-state index >= 15 is 0 Å². The number of benzene rings is 1. The van der Waals surface area contributed by atoms with E-state index in [1.54, 1.807) is 39.8 Å². The molecule has 1 rings (SSSR count). The molecular formula is C15H24NO5P. The third kappa shape index (κ3) is 4.57. The molecule has 0 saturated heterocycles. The van der Waals surface area contributed by atoms with Crippen LogP contribution in [-0.2, 0) is 13.8 Å². The maximum absolute atomic E-state index is 12.7. The van der Waals surface area contributed by atoms with Crippen molar-refractivity contribution in [2.24, 2.45) is 0 Å². The lowest BCUT2D eigenvalue weighted by atomic mass is 10.1. The van der Waals surface area contributed by atoms with Crippen LogP contribution in [0.1, 0.15) is 39.3 Å². The highest BCUT2D eigenvalue weighted by molar-refractivity contribution is 7.56. The van der Waals surface area contributed by atoms with Crippen molar-refractivity contribution in [2.45, 2.75) is 39.3 Å². The van der Waals surface area contributed by atoms with E-state index in [-0.39, 0.29) is 0 Å². The van der Waals surface area contributed by atoms with Gasteiger partial charge in [-0.05, 0) is 33.3 Å². The molecule has 1 amide bonds. The van der Waals surface area contributed by atoms with E-state index < -0.39 is 31.6 Å². The van der Waals surface area contributed by atoms with Crippen LogP contribution in [0.2, 0.25) is 0 Å². The summed E-state index contributed by atoms with van der Waals surface area (Å²) in [6.07, 6.45) is -1.57. The molecule has 0 radical (unpaired) electrons. The molecule has 0 aliphatic carbocycles. The number of carbonyl (C=O) groups is 1. The van der Waals surface area contributed by atoms with Gasteiger partial charge in [-0.3, -0.25) is 4.57 Å². The molecule has 0 aromatic heterocycles. The van der Waals surface area contributed by atoms with E-state index in [4.69, 9.17) is 9.26 Å². The summed E-state index contributed by atoms with van der Waals surface area (Å²) in [4.78, 5) is 12.5. The van der Waals surface area contributed by atoms with Crippen molar-refractivity contribution >= 4 is 13.6 Å². The zero-order chi connectivity index (χ0) is 17.0. The normalized spacial score (nSPS) is 15.7. The number of amides is 1. The van der Waals surface area contributed by atoms with Gasteiger partial charge in [0.1, 0.15) is 11.9 Å². The molecule has 0 saturated carbocycles. The van der Waals surface area contributed by atoms with E-state index in [0.717, 1.165) is 10.2 Å². The summed E-state index contributed by atoms with van der Waals surface area (Å²) in [7, 11) is -2.54. The number of carbonyl (C=O) groups excluding carboxylic acids is 1. The Kier molecular flexibility index (Phi) is 6.17. The molecule has 1 aromatic carbocycles. The molecule has 1 aromatic rings. The molecule has 0 bridgehead atoms. The number of aliphatic hydroxyl groups excluding tert-OH is 1. The fourth-order valence-electron chi connectivity index (χ4n) is 1.94. The molecule has 0 heterocycles. The zero-order valence-corrected chi connectivity index (χ0v) is 14.5. The Morgan fingerprint density at radius 2 is 1.86 bits per heavy atom. The Hall–Kier alpha value is -1.36. The highest BCUT2D eigenvalue weighted by Crippen LogP contribution is 2.54. The van der Waals surface area contributed by atoms with Crippen LogP contribution in [0.4, 0.5) is 4.79 Å². The fourth-order valence-corrected chi connectivity index (χ4v) is 3.32. The molecule has 7 heteroatoms. The lowest BCUT2D eigenvalue weighted by Gasteiger charge is -2.35. The smallest absolute Gasteiger partial charge is 0.418 e. The first-order valence-corrected chi connectivity index (χ1v) is 8.74. The lowest BCUT2D eigenvalue weighted by Crippen LogP contribution is -2.37. The average Bonchev–Trinajstić information content (AvgIpc) is 2.46. The van der Waals surface area contributed by atoms with E-state index in [2.05, 4.69) is 0 Å². The van der Waals surface area contributed by atoms with E-state index in [1.165, 1.54) is 7.11 Å². The van der Waals surface area contributed by atoms with Gasteiger partial charge in [-0.2, -0.15) is 0 Å². The first-order chi connectivity index (χ1) is 10.1. The Morgan fingerprint density at radius 1 is 1.32 bits per heavy atom. The maximum atomic E-state index is 12.7. The summed E-state index contributed by atoms with van der Waals surface area (Å²) < 4.78 is 24.0. The first kappa shape index (κ1) is 18.7. The summed E-state index contributed by atoms with van der Waals surface area (Å²) in [6.45, 7) is 6.85. The van der Waals surface area contributed by atoms with Gasteiger partial charge in [-0.1, -0.05) is 30.3 Å². The SMILES string of the molecule is COP(=O)(CO)N(C(=O)OC(C)(C)C)[C@@H](C)c1ccccc1. The molecule has 1 N–H and O–H groups in total. The minimum atomic E-state index is -3.74. The Bertz CT molecular complexity index is 533. The van der Waals surface area contributed by atoms with Crippen molar-refractivity contribution in [3.05, 3.63) is 35.9 Å². The predicted octanol–water partition coefficient (Wildman–Crippen LogP) is 3.77. The van der Waals surface area contributed by atoms with Gasteiger partial charge in [0.05, 0.1) is 6.04 Å². The molecule has 0 aliphatic heterocycles. The minimum Gasteiger partial charge on any atom is -0.443 e. The minimum absolute atomic E-state index is 0.575. The summed E-state index contributed by atoms with van der Waals surface area (Å²) >= 11 is 0. The lowest BCUT2D eigenvalue weighted by molar-refractivity contribution is 0.0310. The second-order valence-corrected chi connectivity index (χ2v) is 8.23. The second-order valence-electron chi connectivity index (χ2n) is 5.87. The van der Waals surface area contributed by atoms with Crippen LogP contribution in [-0.4, -0.2) is 34.9 Å². The highest BCUT2D eigenvalue weighted by Gasteiger charge is 2.41. The molecular weight excluding hydrogens is 305 g/mol. The van der Waals surface area contributed by atoms with Gasteiger partial charge in [0.15, 0.2) is 0 Å². The maximum Gasteiger partial charge on any atom is 0.418 e. The molecule has 0 aliphatic rings. The van der Waals surface area contributed by atoms with Crippen molar-refractivity contribution < 1.29 is 23.7 Å². The monoisotopic (exact) mass is 329 g/mol. The molecule has 1 unspecified atom stereocenters. The van der Waals surface area contributed by atoms with Crippen molar-refractivity contribution in [1.29, 1.82) is 0 Å². The number of hydrogen-bond donors (Lipinski definition) is 1. The Morgan fingerprint density at radius 3 is 2.27 bits per heavy atom. The standard InChI is InChI=1S/C15H24NO5P/c1-12(13-9-7-6-8-10-13)16(22(19,11-17)20-5)14(18)21-15(2,3)4/h6-10,12,17H,11H2,1-5H3/t12-,22?/m0/s1. The summed E-state index contributed by atoms with van der Waals surface area (Å²) in [6, 6.07) is 8.51. The summed E-state index contributed by atoms with van der Waals surface area (Å²) in [5.41, 5.74) is 0.0128. The van der Waals surface area contributed by atoms with E-state index in [0.29, 0.717) is 0 Å². The molecule has 6 nitrogen and oxygen atoms in total. The van der Waals surface area contributed by atoms with Crippen LogP contribution in [0.3, 0.4) is 0 Å². The van der Waals surface area contributed by atoms with Gasteiger partial charge < -0.3 is 14.4 Å². The van der Waals surface area contributed by atoms with Crippen LogP contribution in [0.25, 0.3) is 0 Å². The van der Waals surface area contributed by atoms with Crippen molar-refractivity contribution in [2.75, 3.05) is 13.5 Å². The van der Waals surface area contributed by atoms with Crippen molar-refractivity contribution in [3.8, 4) is 0 Å². The summed E-state index contributed by atoms with van der Waals surface area (Å²) in [5.74, 6) is 0. The number of ether oxygens (including phenoxy) is 1. The zero-order valence-electron chi connectivity index (χ0n) is 13.6. The number of nitrogens with zero attached hydrogens (tertiary/aromatic N) is 1. The highest BCUT2D eigenvalue weighted by atomic mass is 31.2. The van der Waals surface area contributed by atoms with Gasteiger partial charge >= 0.3 is 13.6 Å².